The minimum atomic E-state index is 0.353. The zero-order chi connectivity index (χ0) is 9.10. The van der Waals surface area contributed by atoms with Gasteiger partial charge in [0.25, 0.3) is 0 Å². The lowest BCUT2D eigenvalue weighted by Crippen LogP contribution is -1.95. The van der Waals surface area contributed by atoms with Gasteiger partial charge < -0.3 is 4.74 Å². The number of hydrogen-bond acceptors (Lipinski definition) is 1. The van der Waals surface area contributed by atoms with Crippen molar-refractivity contribution in [3.8, 4) is 0 Å². The third-order valence-electron chi connectivity index (χ3n) is 2.14. The molecule has 0 amide bonds. The Morgan fingerprint density at radius 1 is 1.46 bits per heavy atom. The molecule has 1 unspecified atom stereocenters. The molecule has 0 bridgehead atoms. The van der Waals surface area contributed by atoms with Crippen molar-refractivity contribution in [2.75, 3.05) is 6.61 Å². The quantitative estimate of drug-likeness (QED) is 0.503. The Morgan fingerprint density at radius 2 is 2.23 bits per heavy atom. The number of benzene rings is 1. The molecule has 13 heavy (non-hydrogen) atoms. The number of hydrogen-bond donors (Lipinski definition) is 0. The Kier molecular flexibility index (Phi) is 2.46. The minimum Gasteiger partial charge on any atom is -0.372 e. The standard InChI is InChI=1S/C12H13O/c1-2-5-10-6-3-4-7-11(10)8-12-9-13-12/h2-4,6-8,12H,1,5,9H2. The van der Waals surface area contributed by atoms with E-state index in [1.807, 2.05) is 6.08 Å². The van der Waals surface area contributed by atoms with E-state index >= 15 is 0 Å². The highest BCUT2D eigenvalue weighted by molar-refractivity contribution is 5.35. The van der Waals surface area contributed by atoms with Crippen molar-refractivity contribution < 1.29 is 4.74 Å². The lowest BCUT2D eigenvalue weighted by atomic mass is 10.0. The molecule has 0 spiro atoms. The Bertz CT molecular complexity index is 300. The van der Waals surface area contributed by atoms with Crippen LogP contribution in [0.4, 0.5) is 0 Å². The zero-order valence-electron chi connectivity index (χ0n) is 7.57. The fourth-order valence-corrected chi connectivity index (χ4v) is 1.39. The summed E-state index contributed by atoms with van der Waals surface area (Å²) in [6, 6.07) is 8.38. The monoisotopic (exact) mass is 173 g/mol. The fourth-order valence-electron chi connectivity index (χ4n) is 1.39. The van der Waals surface area contributed by atoms with Crippen LogP contribution in [0.15, 0.2) is 36.9 Å². The molecule has 0 aromatic heterocycles. The van der Waals surface area contributed by atoms with Crippen LogP contribution in [0.5, 0.6) is 0 Å². The third kappa shape index (κ3) is 2.19. The molecule has 1 aliphatic rings. The maximum Gasteiger partial charge on any atom is 0.0885 e. The van der Waals surface area contributed by atoms with E-state index in [0.29, 0.717) is 6.10 Å². The lowest BCUT2D eigenvalue weighted by molar-refractivity contribution is 0.432. The van der Waals surface area contributed by atoms with Crippen LogP contribution in [0.1, 0.15) is 11.1 Å². The van der Waals surface area contributed by atoms with Crippen LogP contribution in [0.3, 0.4) is 0 Å². The average molecular weight is 173 g/mol. The summed E-state index contributed by atoms with van der Waals surface area (Å²) in [5.41, 5.74) is 2.61. The summed E-state index contributed by atoms with van der Waals surface area (Å²) in [6.45, 7) is 4.62. The molecule has 1 aromatic rings. The molecular weight excluding hydrogens is 160 g/mol. The first-order chi connectivity index (χ1) is 6.40. The SMILES string of the molecule is C=CCc1ccccc1[CH]C1CO1. The van der Waals surface area contributed by atoms with Crippen molar-refractivity contribution in [1.82, 2.24) is 0 Å². The summed E-state index contributed by atoms with van der Waals surface area (Å²) in [5, 5.41) is 0. The van der Waals surface area contributed by atoms with E-state index in [1.54, 1.807) is 0 Å². The van der Waals surface area contributed by atoms with Gasteiger partial charge in [0.15, 0.2) is 0 Å². The van der Waals surface area contributed by atoms with Crippen LogP contribution in [-0.4, -0.2) is 12.7 Å². The van der Waals surface area contributed by atoms with Crippen LogP contribution < -0.4 is 0 Å². The normalized spacial score (nSPS) is 19.8. The van der Waals surface area contributed by atoms with E-state index < -0.39 is 0 Å². The second kappa shape index (κ2) is 3.75. The lowest BCUT2D eigenvalue weighted by Gasteiger charge is -2.04. The maximum atomic E-state index is 5.16. The van der Waals surface area contributed by atoms with E-state index in [-0.39, 0.29) is 0 Å². The van der Waals surface area contributed by atoms with Gasteiger partial charge in [-0.05, 0) is 17.5 Å². The molecule has 0 aliphatic carbocycles. The van der Waals surface area contributed by atoms with Gasteiger partial charge in [0, 0.05) is 6.42 Å². The maximum absolute atomic E-state index is 5.16. The summed E-state index contributed by atoms with van der Waals surface area (Å²) >= 11 is 0. The van der Waals surface area contributed by atoms with Gasteiger partial charge in [-0.1, -0.05) is 30.3 Å². The average Bonchev–Trinajstić information content (AvgIpc) is 2.93. The predicted molar refractivity (Wildman–Crippen MR) is 53.5 cm³/mol. The molecule has 1 aromatic carbocycles. The summed E-state index contributed by atoms with van der Waals surface area (Å²) < 4.78 is 5.16. The molecule has 1 fully saturated rings. The molecule has 1 heteroatoms. The largest absolute Gasteiger partial charge is 0.372 e. The van der Waals surface area contributed by atoms with Gasteiger partial charge in [-0.2, -0.15) is 0 Å². The van der Waals surface area contributed by atoms with Crippen molar-refractivity contribution in [3.05, 3.63) is 54.5 Å². The second-order valence-electron chi connectivity index (χ2n) is 3.23. The zero-order valence-corrected chi connectivity index (χ0v) is 7.57. The molecule has 0 saturated carbocycles. The Balaban J connectivity index is 2.14. The molecule has 1 atom stereocenters. The topological polar surface area (TPSA) is 12.5 Å². The van der Waals surface area contributed by atoms with E-state index in [0.717, 1.165) is 13.0 Å². The first-order valence-electron chi connectivity index (χ1n) is 4.55. The first kappa shape index (κ1) is 8.52. The molecule has 1 aliphatic heterocycles. The fraction of sp³-hybridized carbons (Fsp3) is 0.250. The molecule has 1 radical (unpaired) electrons. The smallest absolute Gasteiger partial charge is 0.0885 e. The predicted octanol–water partition coefficient (Wildman–Crippen LogP) is 2.37. The molecule has 67 valence electrons. The first-order valence-corrected chi connectivity index (χ1v) is 4.55. The van der Waals surface area contributed by atoms with Gasteiger partial charge in [-0.15, -0.1) is 6.58 Å². The van der Waals surface area contributed by atoms with E-state index in [9.17, 15) is 0 Å². The van der Waals surface area contributed by atoms with E-state index in [4.69, 9.17) is 4.74 Å². The number of ether oxygens (including phenoxy) is 1. The van der Waals surface area contributed by atoms with E-state index in [2.05, 4.69) is 37.3 Å². The van der Waals surface area contributed by atoms with Crippen molar-refractivity contribution in [3.63, 3.8) is 0 Å². The Labute approximate surface area is 79.0 Å². The molecule has 0 N–H and O–H groups in total. The highest BCUT2D eigenvalue weighted by Crippen LogP contribution is 2.21. The van der Waals surface area contributed by atoms with Gasteiger partial charge >= 0.3 is 0 Å². The van der Waals surface area contributed by atoms with Gasteiger partial charge in [0.05, 0.1) is 12.7 Å². The summed E-state index contributed by atoms with van der Waals surface area (Å²) in [6.07, 6.45) is 5.39. The summed E-state index contributed by atoms with van der Waals surface area (Å²) in [5.74, 6) is 0. The van der Waals surface area contributed by atoms with Crippen LogP contribution in [0.25, 0.3) is 0 Å². The van der Waals surface area contributed by atoms with Crippen LogP contribution in [-0.2, 0) is 11.2 Å². The van der Waals surface area contributed by atoms with Crippen molar-refractivity contribution in [1.29, 1.82) is 0 Å². The molecule has 2 rings (SSSR count). The minimum absolute atomic E-state index is 0.353. The third-order valence-corrected chi connectivity index (χ3v) is 2.14. The summed E-state index contributed by atoms with van der Waals surface area (Å²) in [7, 11) is 0. The van der Waals surface area contributed by atoms with Gasteiger partial charge in [0.2, 0.25) is 0 Å². The van der Waals surface area contributed by atoms with Gasteiger partial charge in [-0.25, -0.2) is 0 Å². The number of allylic oxidation sites excluding steroid dienone is 1. The van der Waals surface area contributed by atoms with Crippen LogP contribution in [0, 0.1) is 6.42 Å². The van der Waals surface area contributed by atoms with E-state index in [1.165, 1.54) is 11.1 Å². The van der Waals surface area contributed by atoms with Crippen LogP contribution in [0.2, 0.25) is 0 Å². The molecule has 1 nitrogen and oxygen atoms in total. The number of rotatable bonds is 4. The highest BCUT2D eigenvalue weighted by atomic mass is 16.6. The Hall–Kier alpha value is -1.08. The second-order valence-corrected chi connectivity index (χ2v) is 3.23. The molecule has 1 saturated heterocycles. The van der Waals surface area contributed by atoms with Gasteiger partial charge in [-0.3, -0.25) is 0 Å². The summed E-state index contributed by atoms with van der Waals surface area (Å²) in [4.78, 5) is 0. The Morgan fingerprint density at radius 3 is 2.92 bits per heavy atom. The highest BCUT2D eigenvalue weighted by Gasteiger charge is 2.23. The van der Waals surface area contributed by atoms with Crippen molar-refractivity contribution in [2.24, 2.45) is 0 Å². The van der Waals surface area contributed by atoms with Gasteiger partial charge in [0.1, 0.15) is 0 Å². The van der Waals surface area contributed by atoms with Crippen LogP contribution >= 0.6 is 0 Å². The molecule has 1 heterocycles. The molecular formula is C12H13O. The number of epoxide rings is 1. The van der Waals surface area contributed by atoms with Crippen molar-refractivity contribution in [2.45, 2.75) is 12.5 Å². The van der Waals surface area contributed by atoms with Crippen molar-refractivity contribution >= 4 is 0 Å².